The molecule has 1 aromatic rings. The number of hydrogen-bond acceptors (Lipinski definition) is 3. The first-order valence-electron chi connectivity index (χ1n) is 6.25. The van der Waals surface area contributed by atoms with Gasteiger partial charge in [0.1, 0.15) is 0 Å². The highest BCUT2D eigenvalue weighted by molar-refractivity contribution is 5.85. The molecule has 0 aliphatic carbocycles. The summed E-state index contributed by atoms with van der Waals surface area (Å²) in [6.07, 6.45) is 3.25. The monoisotopic (exact) mass is 258 g/mol. The summed E-state index contributed by atoms with van der Waals surface area (Å²) in [5, 5.41) is 17.3. The topological polar surface area (TPSA) is 64.3 Å². The molecule has 0 aromatic heterocycles. The van der Waals surface area contributed by atoms with Crippen LogP contribution in [0.4, 0.5) is 0 Å². The van der Waals surface area contributed by atoms with Gasteiger partial charge in [-0.1, -0.05) is 31.2 Å². The van der Waals surface area contributed by atoms with Crippen molar-refractivity contribution < 1.29 is 9.90 Å². The van der Waals surface area contributed by atoms with Gasteiger partial charge in [0.15, 0.2) is 0 Å². The molecule has 0 saturated heterocycles. The van der Waals surface area contributed by atoms with E-state index in [2.05, 4.69) is 11.0 Å². The van der Waals surface area contributed by atoms with Crippen LogP contribution in [0.2, 0.25) is 0 Å². The lowest BCUT2D eigenvalue weighted by molar-refractivity contribution is -0.131. The molecule has 0 unspecified atom stereocenters. The Labute approximate surface area is 113 Å². The number of benzene rings is 1. The van der Waals surface area contributed by atoms with Crippen molar-refractivity contribution in [1.82, 2.24) is 4.90 Å². The first-order chi connectivity index (χ1) is 9.17. The van der Waals surface area contributed by atoms with E-state index in [1.54, 1.807) is 6.08 Å². The van der Waals surface area contributed by atoms with E-state index in [1.807, 2.05) is 31.2 Å². The van der Waals surface area contributed by atoms with Gasteiger partial charge in [-0.3, -0.25) is 4.90 Å². The van der Waals surface area contributed by atoms with E-state index in [9.17, 15) is 4.79 Å². The van der Waals surface area contributed by atoms with E-state index in [-0.39, 0.29) is 0 Å². The van der Waals surface area contributed by atoms with Gasteiger partial charge in [0.2, 0.25) is 0 Å². The number of carboxylic acid groups (broad SMARTS) is 1. The molecule has 1 rings (SSSR count). The van der Waals surface area contributed by atoms with Gasteiger partial charge in [0, 0.05) is 25.6 Å². The van der Waals surface area contributed by atoms with Crippen LogP contribution in [-0.4, -0.2) is 29.1 Å². The Balaban J connectivity index is 2.82. The van der Waals surface area contributed by atoms with Crippen molar-refractivity contribution in [3.8, 4) is 6.07 Å². The van der Waals surface area contributed by atoms with Crippen LogP contribution in [0, 0.1) is 11.3 Å². The van der Waals surface area contributed by atoms with Gasteiger partial charge < -0.3 is 5.11 Å². The third kappa shape index (κ3) is 5.36. The van der Waals surface area contributed by atoms with Gasteiger partial charge in [-0.05, 0) is 23.7 Å². The molecule has 19 heavy (non-hydrogen) atoms. The highest BCUT2D eigenvalue weighted by atomic mass is 16.4. The summed E-state index contributed by atoms with van der Waals surface area (Å²) in [7, 11) is 0. The normalized spacial score (nSPS) is 10.8. The standard InChI is InChI=1S/C15H18N2O2/c1-2-17(11-5-10-16)12-14-7-4-3-6-13(14)8-9-15(18)19/h3-4,6-9H,2,5,11-12H2,1H3,(H,18,19)/b9-8+. The number of carboxylic acids is 1. The Kier molecular flexibility index (Phi) is 6.34. The molecule has 0 radical (unpaired) electrons. The minimum atomic E-state index is -0.952. The maximum absolute atomic E-state index is 10.6. The highest BCUT2D eigenvalue weighted by Gasteiger charge is 2.06. The number of nitrogens with zero attached hydrogens (tertiary/aromatic N) is 2. The van der Waals surface area contributed by atoms with Crippen molar-refractivity contribution >= 4 is 12.0 Å². The van der Waals surface area contributed by atoms with Crippen LogP contribution in [0.1, 0.15) is 24.5 Å². The molecule has 0 saturated carbocycles. The number of carbonyl (C=O) groups is 1. The number of hydrogen-bond donors (Lipinski definition) is 1. The van der Waals surface area contributed by atoms with Crippen LogP contribution in [-0.2, 0) is 11.3 Å². The van der Waals surface area contributed by atoms with Crippen molar-refractivity contribution in [2.24, 2.45) is 0 Å². The zero-order valence-electron chi connectivity index (χ0n) is 11.0. The second-order valence-electron chi connectivity index (χ2n) is 4.15. The Hall–Kier alpha value is -2.12. The van der Waals surface area contributed by atoms with Crippen LogP contribution in [0.5, 0.6) is 0 Å². The summed E-state index contributed by atoms with van der Waals surface area (Å²) < 4.78 is 0. The predicted octanol–water partition coefficient (Wildman–Crippen LogP) is 2.52. The average molecular weight is 258 g/mol. The molecule has 0 spiro atoms. The van der Waals surface area contributed by atoms with E-state index in [4.69, 9.17) is 10.4 Å². The number of rotatable bonds is 7. The maximum atomic E-state index is 10.6. The molecule has 1 aromatic carbocycles. The molecule has 0 fully saturated rings. The summed E-state index contributed by atoms with van der Waals surface area (Å²) in [5.41, 5.74) is 1.97. The van der Waals surface area contributed by atoms with Crippen LogP contribution < -0.4 is 0 Å². The second-order valence-corrected chi connectivity index (χ2v) is 4.15. The lowest BCUT2D eigenvalue weighted by atomic mass is 10.1. The van der Waals surface area contributed by atoms with E-state index >= 15 is 0 Å². The van der Waals surface area contributed by atoms with Crippen molar-refractivity contribution in [1.29, 1.82) is 5.26 Å². The molecule has 0 aliphatic rings. The van der Waals surface area contributed by atoms with E-state index in [0.717, 1.165) is 36.8 Å². The van der Waals surface area contributed by atoms with E-state index in [1.165, 1.54) is 0 Å². The SMILES string of the molecule is CCN(CCC#N)Cc1ccccc1/C=C/C(=O)O. The zero-order chi connectivity index (χ0) is 14.1. The largest absolute Gasteiger partial charge is 0.478 e. The minimum absolute atomic E-state index is 0.501. The molecular formula is C15H18N2O2. The fraction of sp³-hybridized carbons (Fsp3) is 0.333. The van der Waals surface area contributed by atoms with Gasteiger partial charge >= 0.3 is 5.97 Å². The molecule has 0 aliphatic heterocycles. The Morgan fingerprint density at radius 2 is 2.21 bits per heavy atom. The van der Waals surface area contributed by atoms with Crippen molar-refractivity contribution in [2.45, 2.75) is 19.9 Å². The van der Waals surface area contributed by atoms with Gasteiger partial charge in [0.05, 0.1) is 6.07 Å². The number of aliphatic carboxylic acids is 1. The van der Waals surface area contributed by atoms with E-state index < -0.39 is 5.97 Å². The molecule has 0 heterocycles. The summed E-state index contributed by atoms with van der Waals surface area (Å²) in [4.78, 5) is 12.7. The fourth-order valence-corrected chi connectivity index (χ4v) is 1.80. The second kappa shape index (κ2) is 8.06. The molecular weight excluding hydrogens is 240 g/mol. The Morgan fingerprint density at radius 3 is 2.84 bits per heavy atom. The van der Waals surface area contributed by atoms with E-state index in [0.29, 0.717) is 6.42 Å². The molecule has 100 valence electrons. The summed E-state index contributed by atoms with van der Waals surface area (Å²) in [5.74, 6) is -0.952. The van der Waals surface area contributed by atoms with Gasteiger partial charge in [-0.2, -0.15) is 5.26 Å². The van der Waals surface area contributed by atoms with Gasteiger partial charge in [-0.15, -0.1) is 0 Å². The lowest BCUT2D eigenvalue weighted by Gasteiger charge is -2.20. The van der Waals surface area contributed by atoms with Crippen LogP contribution in [0.25, 0.3) is 6.08 Å². The van der Waals surface area contributed by atoms with Crippen LogP contribution in [0.3, 0.4) is 0 Å². The smallest absolute Gasteiger partial charge is 0.328 e. The molecule has 4 nitrogen and oxygen atoms in total. The van der Waals surface area contributed by atoms with Crippen LogP contribution in [0.15, 0.2) is 30.3 Å². The third-order valence-electron chi connectivity index (χ3n) is 2.84. The molecule has 4 heteroatoms. The highest BCUT2D eigenvalue weighted by Crippen LogP contribution is 2.13. The Bertz CT molecular complexity index is 489. The first-order valence-corrected chi connectivity index (χ1v) is 6.25. The van der Waals surface area contributed by atoms with Crippen LogP contribution >= 0.6 is 0 Å². The predicted molar refractivity (Wildman–Crippen MR) is 74.3 cm³/mol. The van der Waals surface area contributed by atoms with Crippen molar-refractivity contribution in [3.63, 3.8) is 0 Å². The van der Waals surface area contributed by atoms with Crippen molar-refractivity contribution in [3.05, 3.63) is 41.5 Å². The number of nitriles is 1. The molecule has 1 N–H and O–H groups in total. The quantitative estimate of drug-likeness (QED) is 0.763. The third-order valence-corrected chi connectivity index (χ3v) is 2.84. The summed E-state index contributed by atoms with van der Waals surface area (Å²) in [6, 6.07) is 9.84. The fourth-order valence-electron chi connectivity index (χ4n) is 1.80. The first kappa shape index (κ1) is 14.9. The Morgan fingerprint density at radius 1 is 1.47 bits per heavy atom. The molecule has 0 atom stereocenters. The summed E-state index contributed by atoms with van der Waals surface area (Å²) in [6.45, 7) is 4.36. The zero-order valence-corrected chi connectivity index (χ0v) is 11.0. The van der Waals surface area contributed by atoms with Crippen molar-refractivity contribution in [2.75, 3.05) is 13.1 Å². The minimum Gasteiger partial charge on any atom is -0.478 e. The molecule has 0 amide bonds. The average Bonchev–Trinajstić information content (AvgIpc) is 2.42. The van der Waals surface area contributed by atoms with Gasteiger partial charge in [-0.25, -0.2) is 4.79 Å². The summed E-state index contributed by atoms with van der Waals surface area (Å²) >= 11 is 0. The lowest BCUT2D eigenvalue weighted by Crippen LogP contribution is -2.24. The molecule has 0 bridgehead atoms. The maximum Gasteiger partial charge on any atom is 0.328 e. The van der Waals surface area contributed by atoms with Gasteiger partial charge in [0.25, 0.3) is 0 Å².